The minimum Gasteiger partial charge on any atom is -0.493 e. The summed E-state index contributed by atoms with van der Waals surface area (Å²) in [7, 11) is 5.90. The van der Waals surface area contributed by atoms with Crippen molar-refractivity contribution < 1.29 is 19.3 Å². The second kappa shape index (κ2) is 6.18. The zero-order valence-corrected chi connectivity index (χ0v) is 19.7. The number of likely N-dealkylation sites (tertiary alicyclic amines) is 1. The summed E-state index contributed by atoms with van der Waals surface area (Å²) in [6.07, 6.45) is 6.95. The molecule has 2 spiro atoms. The molecule has 2 heterocycles. The first kappa shape index (κ1) is 20.3. The molecule has 31 heavy (non-hydrogen) atoms. The van der Waals surface area contributed by atoms with Crippen LogP contribution in [0.1, 0.15) is 63.5 Å². The molecule has 170 valence electrons. The van der Waals surface area contributed by atoms with E-state index in [4.69, 9.17) is 14.2 Å². The molecule has 7 rings (SSSR count). The lowest BCUT2D eigenvalue weighted by molar-refractivity contribution is -0.301. The van der Waals surface area contributed by atoms with Crippen LogP contribution in [0.5, 0.6) is 11.5 Å². The van der Waals surface area contributed by atoms with Crippen LogP contribution in [0.25, 0.3) is 0 Å². The van der Waals surface area contributed by atoms with Gasteiger partial charge in [0, 0.05) is 35.5 Å². The Labute approximate surface area is 186 Å². The first-order valence-corrected chi connectivity index (χ1v) is 12.2. The molecule has 0 unspecified atom stereocenters. The molecule has 1 saturated heterocycles. The molecule has 0 aromatic heterocycles. The van der Waals surface area contributed by atoms with Crippen molar-refractivity contribution in [3.8, 4) is 11.5 Å². The summed E-state index contributed by atoms with van der Waals surface area (Å²) >= 11 is 0. The van der Waals surface area contributed by atoms with Crippen molar-refractivity contribution in [1.82, 2.24) is 4.90 Å². The number of rotatable bonds is 5. The lowest BCUT2D eigenvalue weighted by atomic mass is 9.33. The van der Waals surface area contributed by atoms with E-state index in [-0.39, 0.29) is 22.9 Å². The van der Waals surface area contributed by atoms with E-state index < -0.39 is 11.2 Å². The van der Waals surface area contributed by atoms with Crippen LogP contribution in [0.4, 0.5) is 0 Å². The third-order valence-electron chi connectivity index (χ3n) is 10.3. The summed E-state index contributed by atoms with van der Waals surface area (Å²) < 4.78 is 19.3. The highest BCUT2D eigenvalue weighted by molar-refractivity contribution is 5.63. The smallest absolute Gasteiger partial charge is 0.165 e. The molecule has 5 nitrogen and oxygen atoms in total. The van der Waals surface area contributed by atoms with Crippen LogP contribution < -0.4 is 9.47 Å². The topological polar surface area (TPSA) is 51.2 Å². The summed E-state index contributed by atoms with van der Waals surface area (Å²) in [6.45, 7) is 5.29. The maximum Gasteiger partial charge on any atom is 0.165 e. The number of methoxy groups -OCH3 is 2. The fraction of sp³-hybridized carbons (Fsp3) is 0.769. The van der Waals surface area contributed by atoms with Crippen molar-refractivity contribution in [2.24, 2.45) is 11.3 Å². The molecular formula is C26H37NO4. The molecule has 3 saturated carbocycles. The first-order chi connectivity index (χ1) is 14.8. The maximum atomic E-state index is 11.8. The molecule has 5 heteroatoms. The van der Waals surface area contributed by atoms with Crippen LogP contribution in [-0.4, -0.2) is 61.2 Å². The Morgan fingerprint density at radius 2 is 2.06 bits per heavy atom. The van der Waals surface area contributed by atoms with Gasteiger partial charge in [-0.1, -0.05) is 19.4 Å². The average molecular weight is 428 g/mol. The predicted octanol–water partition coefficient (Wildman–Crippen LogP) is 3.69. The molecule has 0 amide bonds. The van der Waals surface area contributed by atoms with Crippen molar-refractivity contribution in [3.05, 3.63) is 23.3 Å². The molecule has 1 N–H and O–H groups in total. The van der Waals surface area contributed by atoms with Crippen molar-refractivity contribution in [2.75, 3.05) is 27.8 Å². The molecule has 4 bridgehead atoms. The monoisotopic (exact) mass is 427 g/mol. The lowest BCUT2D eigenvalue weighted by Gasteiger charge is -2.74. The van der Waals surface area contributed by atoms with Crippen molar-refractivity contribution in [1.29, 1.82) is 0 Å². The minimum absolute atomic E-state index is 0.0469. The van der Waals surface area contributed by atoms with E-state index in [2.05, 4.69) is 31.0 Å². The first-order valence-electron chi connectivity index (χ1n) is 12.2. The van der Waals surface area contributed by atoms with E-state index in [0.29, 0.717) is 6.04 Å². The zero-order valence-electron chi connectivity index (χ0n) is 19.7. The third kappa shape index (κ3) is 2.06. The average Bonchev–Trinajstić information content (AvgIpc) is 3.13. The molecule has 1 aromatic rings. The number of likely N-dealkylation sites (N-methyl/N-ethyl adjacent to an activating group) is 1. The largest absolute Gasteiger partial charge is 0.493 e. The van der Waals surface area contributed by atoms with Gasteiger partial charge in [0.2, 0.25) is 0 Å². The zero-order chi connectivity index (χ0) is 21.8. The highest BCUT2D eigenvalue weighted by Gasteiger charge is 2.81. The summed E-state index contributed by atoms with van der Waals surface area (Å²) in [5.74, 6) is 1.86. The second-order valence-corrected chi connectivity index (χ2v) is 11.2. The molecule has 7 atom stereocenters. The van der Waals surface area contributed by atoms with Gasteiger partial charge in [-0.05, 0) is 70.7 Å². The van der Waals surface area contributed by atoms with Crippen molar-refractivity contribution >= 4 is 0 Å². The maximum absolute atomic E-state index is 11.8. The molecule has 1 aromatic carbocycles. The fourth-order valence-electron chi connectivity index (χ4n) is 9.24. The van der Waals surface area contributed by atoms with Crippen LogP contribution in [-0.2, 0) is 16.6 Å². The number of ether oxygens (including phenoxy) is 3. The Kier molecular flexibility index (Phi) is 4.05. The SMILES string of the molecule is CCC[C@](C)(O)[C@H]1C[C@@]23CC[C@@]1(OC)[C@@H]1Oc4c(OC)ccc5c4[C@@]12CCN(C)[C@@H]3C5. The van der Waals surface area contributed by atoms with Gasteiger partial charge in [-0.3, -0.25) is 0 Å². The highest BCUT2D eigenvalue weighted by Crippen LogP contribution is 2.77. The van der Waals surface area contributed by atoms with E-state index in [1.807, 2.05) is 14.0 Å². The van der Waals surface area contributed by atoms with Crippen molar-refractivity contribution in [2.45, 2.75) is 87.6 Å². The Morgan fingerprint density at radius 3 is 2.77 bits per heavy atom. The Balaban J connectivity index is 1.64. The van der Waals surface area contributed by atoms with Crippen LogP contribution in [0.3, 0.4) is 0 Å². The van der Waals surface area contributed by atoms with E-state index in [9.17, 15) is 5.11 Å². The van der Waals surface area contributed by atoms with Gasteiger partial charge in [0.25, 0.3) is 0 Å². The van der Waals surface area contributed by atoms with E-state index in [1.165, 1.54) is 11.1 Å². The predicted molar refractivity (Wildman–Crippen MR) is 119 cm³/mol. The van der Waals surface area contributed by atoms with Gasteiger partial charge in [-0.15, -0.1) is 0 Å². The van der Waals surface area contributed by atoms with Crippen LogP contribution >= 0.6 is 0 Å². The lowest BCUT2D eigenvalue weighted by Crippen LogP contribution is -2.82. The number of benzene rings is 1. The Hall–Kier alpha value is -1.30. The highest BCUT2D eigenvalue weighted by atomic mass is 16.6. The van der Waals surface area contributed by atoms with Gasteiger partial charge in [0.05, 0.1) is 12.7 Å². The second-order valence-electron chi connectivity index (χ2n) is 11.2. The standard InChI is InChI=1S/C26H37NO4/c1-6-9-23(2,28)18-15-24-10-11-26(18,30-5)22-25(24)12-13-27(3)19(24)14-16-7-8-17(29-4)21(31-22)20(16)25/h7-8,18-19,22,28H,6,9-15H2,1-5H3/t18-,19-,22-,23+,24-,25+,26+/m1/s1. The number of hydrogen-bond acceptors (Lipinski definition) is 5. The van der Waals surface area contributed by atoms with Gasteiger partial charge in [-0.2, -0.15) is 0 Å². The number of piperidine rings is 1. The van der Waals surface area contributed by atoms with Crippen LogP contribution in [0.2, 0.25) is 0 Å². The molecule has 4 aliphatic carbocycles. The van der Waals surface area contributed by atoms with Gasteiger partial charge in [0.1, 0.15) is 11.7 Å². The van der Waals surface area contributed by atoms with E-state index in [1.54, 1.807) is 7.11 Å². The Morgan fingerprint density at radius 1 is 1.26 bits per heavy atom. The molecule has 6 aliphatic rings. The van der Waals surface area contributed by atoms with E-state index in [0.717, 1.165) is 63.0 Å². The molecule has 4 fully saturated rings. The third-order valence-corrected chi connectivity index (χ3v) is 10.3. The molecule has 0 radical (unpaired) electrons. The van der Waals surface area contributed by atoms with Gasteiger partial charge < -0.3 is 24.2 Å². The van der Waals surface area contributed by atoms with Gasteiger partial charge in [0.15, 0.2) is 11.5 Å². The van der Waals surface area contributed by atoms with Gasteiger partial charge in [-0.25, -0.2) is 0 Å². The summed E-state index contributed by atoms with van der Waals surface area (Å²) in [5, 5.41) is 11.8. The van der Waals surface area contributed by atoms with Crippen LogP contribution in [0.15, 0.2) is 12.1 Å². The van der Waals surface area contributed by atoms with Crippen molar-refractivity contribution in [3.63, 3.8) is 0 Å². The molecule has 2 aliphatic heterocycles. The summed E-state index contributed by atoms with van der Waals surface area (Å²) in [5.41, 5.74) is 1.66. The Bertz CT molecular complexity index is 930. The minimum atomic E-state index is -0.769. The quantitative estimate of drug-likeness (QED) is 0.777. The summed E-state index contributed by atoms with van der Waals surface area (Å²) in [6, 6.07) is 4.84. The number of aliphatic hydroxyl groups is 1. The number of hydrogen-bond donors (Lipinski definition) is 1. The summed E-state index contributed by atoms with van der Waals surface area (Å²) in [4.78, 5) is 2.60. The fourth-order valence-corrected chi connectivity index (χ4v) is 9.24. The molecular weight excluding hydrogens is 390 g/mol. The van der Waals surface area contributed by atoms with E-state index >= 15 is 0 Å². The number of nitrogens with zero attached hydrogens (tertiary/aromatic N) is 1. The normalized spacial score (nSPS) is 43.9. The van der Waals surface area contributed by atoms with Crippen LogP contribution in [0, 0.1) is 11.3 Å². The number of fused-ring (bicyclic) bond motifs is 2. The van der Waals surface area contributed by atoms with Gasteiger partial charge >= 0.3 is 0 Å².